The van der Waals surface area contributed by atoms with Crippen LogP contribution < -0.4 is 5.32 Å². The van der Waals surface area contributed by atoms with Crippen LogP contribution in [0, 0.1) is 21.7 Å². The van der Waals surface area contributed by atoms with Gasteiger partial charge in [0.2, 0.25) is 5.82 Å². The van der Waals surface area contributed by atoms with Gasteiger partial charge in [-0.3, -0.25) is 10.1 Å². The molecule has 21 heavy (non-hydrogen) atoms. The Bertz CT molecular complexity index is 648. The number of nitrogens with zero attached hydrogens (tertiary/aromatic N) is 1. The summed E-state index contributed by atoms with van der Waals surface area (Å²) >= 11 is 0. The van der Waals surface area contributed by atoms with Crippen molar-refractivity contribution in [2.24, 2.45) is 0 Å². The molecular weight excluding hydrogens is 278 g/mol. The Labute approximate surface area is 120 Å². The molecule has 0 spiro atoms. The van der Waals surface area contributed by atoms with Gasteiger partial charge in [-0.2, -0.15) is 4.39 Å². The Morgan fingerprint density at radius 3 is 2.48 bits per heavy atom. The minimum absolute atomic E-state index is 0.0779. The van der Waals surface area contributed by atoms with E-state index in [1.54, 1.807) is 0 Å². The first-order chi connectivity index (χ1) is 9.99. The van der Waals surface area contributed by atoms with Crippen LogP contribution >= 0.6 is 0 Å². The SMILES string of the molecule is CC(CNc1cc([N+](=O)[O-])c(F)cc1F)c1ccccc1. The molecule has 1 atom stereocenters. The van der Waals surface area contributed by atoms with Crippen molar-refractivity contribution < 1.29 is 13.7 Å². The Balaban J connectivity index is 2.13. The highest BCUT2D eigenvalue weighted by atomic mass is 19.1. The van der Waals surface area contributed by atoms with E-state index in [1.165, 1.54) is 0 Å². The van der Waals surface area contributed by atoms with E-state index in [-0.39, 0.29) is 11.6 Å². The van der Waals surface area contributed by atoms with Gasteiger partial charge in [0.05, 0.1) is 10.6 Å². The molecule has 0 bridgehead atoms. The fourth-order valence-electron chi connectivity index (χ4n) is 1.98. The van der Waals surface area contributed by atoms with Gasteiger partial charge < -0.3 is 5.32 Å². The van der Waals surface area contributed by atoms with Crippen molar-refractivity contribution in [1.29, 1.82) is 0 Å². The normalized spacial score (nSPS) is 12.0. The average Bonchev–Trinajstić information content (AvgIpc) is 2.46. The summed E-state index contributed by atoms with van der Waals surface area (Å²) in [6.07, 6.45) is 0. The Kier molecular flexibility index (Phi) is 4.47. The van der Waals surface area contributed by atoms with Gasteiger partial charge >= 0.3 is 5.69 Å². The van der Waals surface area contributed by atoms with Gasteiger partial charge in [-0.1, -0.05) is 37.3 Å². The van der Waals surface area contributed by atoms with E-state index < -0.39 is 22.2 Å². The van der Waals surface area contributed by atoms with Gasteiger partial charge in [-0.05, 0) is 11.5 Å². The molecule has 4 nitrogen and oxygen atoms in total. The number of nitro groups is 1. The Morgan fingerprint density at radius 2 is 1.86 bits per heavy atom. The van der Waals surface area contributed by atoms with E-state index in [2.05, 4.69) is 5.32 Å². The molecule has 6 heteroatoms. The summed E-state index contributed by atoms with van der Waals surface area (Å²) in [5.74, 6) is -1.95. The fraction of sp³-hybridized carbons (Fsp3) is 0.200. The van der Waals surface area contributed by atoms with E-state index in [9.17, 15) is 18.9 Å². The van der Waals surface area contributed by atoms with Crippen molar-refractivity contribution in [3.8, 4) is 0 Å². The third-order valence-corrected chi connectivity index (χ3v) is 3.20. The predicted octanol–water partition coefficient (Wildman–Crippen LogP) is 4.09. The maximum atomic E-state index is 13.6. The van der Waals surface area contributed by atoms with Gasteiger partial charge in [0, 0.05) is 18.7 Å². The summed E-state index contributed by atoms with van der Waals surface area (Å²) in [6.45, 7) is 2.32. The Hall–Kier alpha value is -2.50. The van der Waals surface area contributed by atoms with Crippen molar-refractivity contribution >= 4 is 11.4 Å². The van der Waals surface area contributed by atoms with Crippen molar-refractivity contribution in [3.05, 3.63) is 69.8 Å². The van der Waals surface area contributed by atoms with Crippen molar-refractivity contribution in [2.45, 2.75) is 12.8 Å². The lowest BCUT2D eigenvalue weighted by molar-refractivity contribution is -0.387. The van der Waals surface area contributed by atoms with Crippen LogP contribution in [-0.4, -0.2) is 11.5 Å². The lowest BCUT2D eigenvalue weighted by Crippen LogP contribution is -2.11. The standard InChI is InChI=1S/C15H14F2N2O2/c1-10(11-5-3-2-4-6-11)9-18-14-8-15(19(20)21)13(17)7-12(14)16/h2-8,10,18H,9H2,1H3. The second-order valence-corrected chi connectivity index (χ2v) is 4.73. The van der Waals surface area contributed by atoms with Crippen LogP contribution in [0.25, 0.3) is 0 Å². The highest BCUT2D eigenvalue weighted by Gasteiger charge is 2.18. The molecule has 1 unspecified atom stereocenters. The fourth-order valence-corrected chi connectivity index (χ4v) is 1.98. The zero-order valence-corrected chi connectivity index (χ0v) is 11.3. The average molecular weight is 292 g/mol. The van der Waals surface area contributed by atoms with Gasteiger partial charge in [0.15, 0.2) is 0 Å². The van der Waals surface area contributed by atoms with E-state index in [0.29, 0.717) is 12.6 Å². The van der Waals surface area contributed by atoms with Crippen molar-refractivity contribution in [3.63, 3.8) is 0 Å². The van der Waals surface area contributed by atoms with Crippen LogP contribution in [0.2, 0.25) is 0 Å². The van der Waals surface area contributed by atoms with Gasteiger partial charge in [0.25, 0.3) is 0 Å². The molecule has 2 aromatic carbocycles. The first-order valence-corrected chi connectivity index (χ1v) is 6.41. The van der Waals surface area contributed by atoms with E-state index in [1.807, 2.05) is 37.3 Å². The molecular formula is C15H14F2N2O2. The first kappa shape index (κ1) is 14.9. The number of hydrogen-bond donors (Lipinski definition) is 1. The van der Waals surface area contributed by atoms with E-state index >= 15 is 0 Å². The zero-order valence-electron chi connectivity index (χ0n) is 11.3. The number of rotatable bonds is 5. The minimum Gasteiger partial charge on any atom is -0.382 e. The molecule has 0 heterocycles. The molecule has 0 saturated heterocycles. The number of nitrogens with one attached hydrogen (secondary N) is 1. The molecule has 0 aliphatic rings. The lowest BCUT2D eigenvalue weighted by atomic mass is 10.0. The molecule has 0 fully saturated rings. The molecule has 0 aliphatic carbocycles. The van der Waals surface area contributed by atoms with E-state index in [4.69, 9.17) is 0 Å². The van der Waals surface area contributed by atoms with Crippen LogP contribution in [0.3, 0.4) is 0 Å². The maximum absolute atomic E-state index is 13.6. The van der Waals surface area contributed by atoms with Gasteiger partial charge in [-0.15, -0.1) is 0 Å². The summed E-state index contributed by atoms with van der Waals surface area (Å²) in [5.41, 5.74) is 0.235. The summed E-state index contributed by atoms with van der Waals surface area (Å²) in [5, 5.41) is 13.4. The first-order valence-electron chi connectivity index (χ1n) is 6.41. The van der Waals surface area contributed by atoms with Crippen LogP contribution in [0.4, 0.5) is 20.2 Å². The number of anilines is 1. The van der Waals surface area contributed by atoms with Gasteiger partial charge in [-0.25, -0.2) is 4.39 Å². The molecule has 0 amide bonds. The molecule has 2 aromatic rings. The smallest absolute Gasteiger partial charge is 0.307 e. The number of benzene rings is 2. The number of halogens is 2. The van der Waals surface area contributed by atoms with Crippen LogP contribution in [-0.2, 0) is 0 Å². The van der Waals surface area contributed by atoms with Crippen LogP contribution in [0.15, 0.2) is 42.5 Å². The zero-order chi connectivity index (χ0) is 15.4. The second-order valence-electron chi connectivity index (χ2n) is 4.73. The topological polar surface area (TPSA) is 55.2 Å². The predicted molar refractivity (Wildman–Crippen MR) is 76.4 cm³/mol. The van der Waals surface area contributed by atoms with Crippen molar-refractivity contribution in [1.82, 2.24) is 0 Å². The maximum Gasteiger partial charge on any atom is 0.307 e. The summed E-state index contributed by atoms with van der Waals surface area (Å²) in [4.78, 5) is 9.79. The molecule has 0 aromatic heterocycles. The second kappa shape index (κ2) is 6.30. The quantitative estimate of drug-likeness (QED) is 0.667. The molecule has 2 rings (SSSR count). The number of nitro benzene ring substituents is 1. The lowest BCUT2D eigenvalue weighted by Gasteiger charge is -2.14. The monoisotopic (exact) mass is 292 g/mol. The Morgan fingerprint density at radius 1 is 1.19 bits per heavy atom. The molecule has 0 radical (unpaired) electrons. The van der Waals surface area contributed by atoms with E-state index in [0.717, 1.165) is 11.6 Å². The molecule has 0 saturated carbocycles. The van der Waals surface area contributed by atoms with Gasteiger partial charge in [0.1, 0.15) is 5.82 Å². The molecule has 110 valence electrons. The highest BCUT2D eigenvalue weighted by Crippen LogP contribution is 2.26. The summed E-state index contributed by atoms with van der Waals surface area (Å²) in [6, 6.07) is 11.0. The third-order valence-electron chi connectivity index (χ3n) is 3.20. The third kappa shape index (κ3) is 3.53. The van der Waals surface area contributed by atoms with Crippen LogP contribution in [0.1, 0.15) is 18.4 Å². The molecule has 1 N–H and O–H groups in total. The van der Waals surface area contributed by atoms with Crippen LogP contribution in [0.5, 0.6) is 0 Å². The molecule has 0 aliphatic heterocycles. The van der Waals surface area contributed by atoms with Crippen molar-refractivity contribution in [2.75, 3.05) is 11.9 Å². The number of hydrogen-bond acceptors (Lipinski definition) is 3. The summed E-state index contributed by atoms with van der Waals surface area (Å²) < 4.78 is 26.9. The minimum atomic E-state index is -1.18. The highest BCUT2D eigenvalue weighted by molar-refractivity contribution is 5.53. The summed E-state index contributed by atoms with van der Waals surface area (Å²) in [7, 11) is 0. The largest absolute Gasteiger partial charge is 0.382 e.